The van der Waals surface area contributed by atoms with Crippen molar-refractivity contribution in [3.05, 3.63) is 21.3 Å². The fraction of sp³-hybridized carbons (Fsp3) is 0.556. The summed E-state index contributed by atoms with van der Waals surface area (Å²) in [6.45, 7) is 4.49. The number of hydrogen-bond acceptors (Lipinski definition) is 3. The minimum Gasteiger partial charge on any atom is -0.369 e. The smallest absolute Gasteiger partial charge is 0.104 e. The molecule has 0 aliphatic heterocycles. The first-order chi connectivity index (χ1) is 6.13. The Morgan fingerprint density at radius 3 is 2.62 bits per heavy atom. The summed E-state index contributed by atoms with van der Waals surface area (Å²) in [4.78, 5) is 1.10. The Labute approximate surface area is 87.7 Å². The predicted octanol–water partition coefficient (Wildman–Crippen LogP) is 2.83. The minimum absolute atomic E-state index is 0.0162. The van der Waals surface area contributed by atoms with Gasteiger partial charge in [0.1, 0.15) is 6.10 Å². The molecule has 1 unspecified atom stereocenters. The Hall–Kier alpha value is -0.0900. The second-order valence-electron chi connectivity index (χ2n) is 3.05. The second-order valence-corrected chi connectivity index (χ2v) is 4.80. The molecule has 1 heterocycles. The zero-order valence-corrected chi connectivity index (χ0v) is 9.36. The molecule has 1 atom stereocenters. The van der Waals surface area contributed by atoms with Crippen LogP contribution in [0, 0.1) is 0 Å². The Bertz CT molecular complexity index is 262. The van der Waals surface area contributed by atoms with Crippen LogP contribution in [-0.4, -0.2) is 12.6 Å². The van der Waals surface area contributed by atoms with E-state index in [0.29, 0.717) is 6.54 Å². The molecule has 0 saturated heterocycles. The Morgan fingerprint density at radius 2 is 2.23 bits per heavy atom. The third-order valence-corrected chi connectivity index (χ3v) is 2.89. The van der Waals surface area contributed by atoms with Crippen molar-refractivity contribution in [2.24, 2.45) is 5.73 Å². The third-order valence-electron chi connectivity index (χ3n) is 1.56. The summed E-state index contributed by atoms with van der Waals surface area (Å²) >= 11 is 7.34. The van der Waals surface area contributed by atoms with Gasteiger partial charge in [-0.25, -0.2) is 0 Å². The van der Waals surface area contributed by atoms with Crippen molar-refractivity contribution in [2.75, 3.05) is 6.54 Å². The molecule has 0 aliphatic rings. The van der Waals surface area contributed by atoms with Gasteiger partial charge in [0.2, 0.25) is 0 Å². The molecule has 2 nitrogen and oxygen atoms in total. The van der Waals surface area contributed by atoms with Crippen LogP contribution < -0.4 is 5.73 Å². The lowest BCUT2D eigenvalue weighted by Crippen LogP contribution is -2.18. The molecule has 74 valence electrons. The van der Waals surface area contributed by atoms with E-state index in [2.05, 4.69) is 0 Å². The summed E-state index contributed by atoms with van der Waals surface area (Å²) in [5.41, 5.74) is 5.60. The van der Waals surface area contributed by atoms with Crippen molar-refractivity contribution in [1.82, 2.24) is 0 Å². The van der Waals surface area contributed by atoms with E-state index >= 15 is 0 Å². The number of halogens is 1. The van der Waals surface area contributed by atoms with Gasteiger partial charge in [-0.2, -0.15) is 0 Å². The number of rotatable bonds is 4. The van der Waals surface area contributed by atoms with Crippen LogP contribution in [-0.2, 0) is 4.74 Å². The zero-order valence-electron chi connectivity index (χ0n) is 7.79. The zero-order chi connectivity index (χ0) is 9.84. The van der Waals surface area contributed by atoms with Gasteiger partial charge in [-0.3, -0.25) is 0 Å². The van der Waals surface area contributed by atoms with Crippen LogP contribution in [0.25, 0.3) is 0 Å². The summed E-state index contributed by atoms with van der Waals surface area (Å²) in [5.74, 6) is 0. The van der Waals surface area contributed by atoms with E-state index in [0.717, 1.165) is 9.21 Å². The maximum atomic E-state index is 5.82. The molecule has 0 fully saturated rings. The predicted molar refractivity (Wildman–Crippen MR) is 57.3 cm³/mol. The van der Waals surface area contributed by atoms with Gasteiger partial charge in [0, 0.05) is 11.4 Å². The van der Waals surface area contributed by atoms with Crippen molar-refractivity contribution in [3.8, 4) is 0 Å². The molecule has 0 radical (unpaired) electrons. The van der Waals surface area contributed by atoms with Gasteiger partial charge in [-0.15, -0.1) is 11.3 Å². The SMILES string of the molecule is CC(C)OC(CN)c1ccc(Cl)s1. The monoisotopic (exact) mass is 219 g/mol. The molecule has 0 saturated carbocycles. The number of ether oxygens (including phenoxy) is 1. The van der Waals surface area contributed by atoms with E-state index in [-0.39, 0.29) is 12.2 Å². The number of thiophene rings is 1. The maximum absolute atomic E-state index is 5.82. The molecule has 1 rings (SSSR count). The molecular weight excluding hydrogens is 206 g/mol. The van der Waals surface area contributed by atoms with Crippen LogP contribution in [0.1, 0.15) is 24.8 Å². The van der Waals surface area contributed by atoms with E-state index in [1.54, 1.807) is 0 Å². The molecule has 13 heavy (non-hydrogen) atoms. The Morgan fingerprint density at radius 1 is 1.54 bits per heavy atom. The third kappa shape index (κ3) is 3.27. The summed E-state index contributed by atoms with van der Waals surface area (Å²) in [6, 6.07) is 3.83. The second kappa shape index (κ2) is 4.96. The first-order valence-corrected chi connectivity index (χ1v) is 5.43. The molecule has 0 aromatic carbocycles. The summed E-state index contributed by atoms with van der Waals surface area (Å²) in [6.07, 6.45) is 0.173. The normalized spacial score (nSPS) is 13.6. The van der Waals surface area contributed by atoms with Gasteiger partial charge in [0.15, 0.2) is 0 Å². The van der Waals surface area contributed by atoms with Crippen molar-refractivity contribution < 1.29 is 4.74 Å². The highest BCUT2D eigenvalue weighted by molar-refractivity contribution is 7.16. The lowest BCUT2D eigenvalue weighted by atomic mass is 10.3. The lowest BCUT2D eigenvalue weighted by Gasteiger charge is -2.16. The first kappa shape index (κ1) is 11.0. The van der Waals surface area contributed by atoms with Crippen molar-refractivity contribution >= 4 is 22.9 Å². The van der Waals surface area contributed by atoms with E-state index in [9.17, 15) is 0 Å². The van der Waals surface area contributed by atoms with Crippen molar-refractivity contribution in [2.45, 2.75) is 26.1 Å². The highest BCUT2D eigenvalue weighted by Gasteiger charge is 2.13. The van der Waals surface area contributed by atoms with Crippen LogP contribution >= 0.6 is 22.9 Å². The quantitative estimate of drug-likeness (QED) is 0.845. The van der Waals surface area contributed by atoms with E-state index in [1.165, 1.54) is 11.3 Å². The van der Waals surface area contributed by atoms with Crippen LogP contribution in [0.15, 0.2) is 12.1 Å². The maximum Gasteiger partial charge on any atom is 0.104 e. The Kier molecular flexibility index (Phi) is 4.19. The fourth-order valence-corrected chi connectivity index (χ4v) is 2.18. The van der Waals surface area contributed by atoms with Crippen LogP contribution in [0.2, 0.25) is 4.34 Å². The van der Waals surface area contributed by atoms with E-state index in [4.69, 9.17) is 22.1 Å². The summed E-state index contributed by atoms with van der Waals surface area (Å²) in [5, 5.41) is 0. The molecule has 0 amide bonds. The molecule has 0 spiro atoms. The van der Waals surface area contributed by atoms with Gasteiger partial charge in [0.05, 0.1) is 10.4 Å². The summed E-state index contributed by atoms with van der Waals surface area (Å²) < 4.78 is 6.40. The number of hydrogen-bond donors (Lipinski definition) is 1. The number of nitrogens with two attached hydrogens (primary N) is 1. The van der Waals surface area contributed by atoms with Crippen LogP contribution in [0.4, 0.5) is 0 Å². The van der Waals surface area contributed by atoms with Gasteiger partial charge >= 0.3 is 0 Å². The standard InChI is InChI=1S/C9H14ClNOS/c1-6(2)12-7(5-11)8-3-4-9(10)13-8/h3-4,6-7H,5,11H2,1-2H3. The molecular formula is C9H14ClNOS. The van der Waals surface area contributed by atoms with Crippen molar-refractivity contribution in [3.63, 3.8) is 0 Å². The molecule has 1 aromatic heterocycles. The van der Waals surface area contributed by atoms with E-state index < -0.39 is 0 Å². The van der Waals surface area contributed by atoms with Gasteiger partial charge < -0.3 is 10.5 Å². The first-order valence-electron chi connectivity index (χ1n) is 4.24. The average Bonchev–Trinajstić information content (AvgIpc) is 2.47. The largest absolute Gasteiger partial charge is 0.369 e. The molecule has 1 aromatic rings. The summed E-state index contributed by atoms with van der Waals surface area (Å²) in [7, 11) is 0. The highest BCUT2D eigenvalue weighted by Crippen LogP contribution is 2.29. The van der Waals surface area contributed by atoms with Gasteiger partial charge in [0.25, 0.3) is 0 Å². The molecule has 0 aliphatic carbocycles. The van der Waals surface area contributed by atoms with E-state index in [1.807, 2.05) is 26.0 Å². The van der Waals surface area contributed by atoms with Gasteiger partial charge in [-0.05, 0) is 26.0 Å². The minimum atomic E-state index is -0.0162. The molecule has 0 bridgehead atoms. The fourth-order valence-electron chi connectivity index (χ4n) is 1.07. The van der Waals surface area contributed by atoms with Crippen LogP contribution in [0.5, 0.6) is 0 Å². The van der Waals surface area contributed by atoms with Crippen LogP contribution in [0.3, 0.4) is 0 Å². The molecule has 4 heteroatoms. The highest BCUT2D eigenvalue weighted by atomic mass is 35.5. The molecule has 2 N–H and O–H groups in total. The van der Waals surface area contributed by atoms with Crippen molar-refractivity contribution in [1.29, 1.82) is 0 Å². The topological polar surface area (TPSA) is 35.2 Å². The lowest BCUT2D eigenvalue weighted by molar-refractivity contribution is 0.0140. The Balaban J connectivity index is 2.66. The average molecular weight is 220 g/mol. The van der Waals surface area contributed by atoms with Gasteiger partial charge in [-0.1, -0.05) is 11.6 Å².